The third kappa shape index (κ3) is 4.05. The minimum atomic E-state index is -4.03. The molecule has 0 aliphatic heterocycles. The number of halogens is 2. The Hall–Kier alpha value is -1.86. The van der Waals surface area contributed by atoms with E-state index in [2.05, 4.69) is 5.32 Å². The summed E-state index contributed by atoms with van der Waals surface area (Å²) in [5.41, 5.74) is -0.251. The van der Waals surface area contributed by atoms with Crippen molar-refractivity contribution in [1.29, 1.82) is 0 Å². The van der Waals surface area contributed by atoms with E-state index in [-0.39, 0.29) is 12.1 Å². The van der Waals surface area contributed by atoms with Gasteiger partial charge in [0, 0.05) is 23.6 Å². The molecule has 0 fully saturated rings. The summed E-state index contributed by atoms with van der Waals surface area (Å²) in [7, 11) is 1.07. The molecule has 0 aliphatic rings. The monoisotopic (exact) mass is 331 g/mol. The van der Waals surface area contributed by atoms with E-state index in [1.54, 1.807) is 12.1 Å². The van der Waals surface area contributed by atoms with Crippen LogP contribution in [0.5, 0.6) is 0 Å². The minimum absolute atomic E-state index is 0.251. The van der Waals surface area contributed by atoms with E-state index in [4.69, 9.17) is 15.1 Å². The second-order valence-electron chi connectivity index (χ2n) is 4.16. The van der Waals surface area contributed by atoms with E-state index in [1.165, 1.54) is 6.26 Å². The number of hydrogen-bond acceptors (Lipinski definition) is 4. The van der Waals surface area contributed by atoms with Crippen molar-refractivity contribution in [1.82, 2.24) is 5.32 Å². The van der Waals surface area contributed by atoms with Crippen molar-refractivity contribution >= 4 is 25.6 Å². The Kier molecular flexibility index (Phi) is 4.64. The number of benzene rings is 1. The molecule has 0 atom stereocenters. The van der Waals surface area contributed by atoms with Gasteiger partial charge in [0.2, 0.25) is 0 Å². The lowest BCUT2D eigenvalue weighted by Gasteiger charge is -2.06. The van der Waals surface area contributed by atoms with Crippen molar-refractivity contribution in [2.24, 2.45) is 0 Å². The van der Waals surface area contributed by atoms with Crippen LogP contribution in [0.15, 0.2) is 45.9 Å². The molecule has 1 heterocycles. The topological polar surface area (TPSA) is 76.4 Å². The van der Waals surface area contributed by atoms with Crippen LogP contribution >= 0.6 is 10.7 Å². The minimum Gasteiger partial charge on any atom is -0.469 e. The summed E-state index contributed by atoms with van der Waals surface area (Å²) < 4.78 is 40.9. The normalized spacial score (nSPS) is 11.3. The largest absolute Gasteiger partial charge is 0.469 e. The number of rotatable bonds is 5. The van der Waals surface area contributed by atoms with Crippen molar-refractivity contribution in [3.05, 3.63) is 53.7 Å². The first kappa shape index (κ1) is 15.5. The highest BCUT2D eigenvalue weighted by molar-refractivity contribution is 8.13. The smallest absolute Gasteiger partial charge is 0.261 e. The molecule has 0 bridgehead atoms. The number of amides is 1. The molecule has 0 unspecified atom stereocenters. The molecule has 112 valence electrons. The van der Waals surface area contributed by atoms with Crippen molar-refractivity contribution < 1.29 is 22.0 Å². The van der Waals surface area contributed by atoms with Gasteiger partial charge in [0.05, 0.1) is 16.7 Å². The fourth-order valence-corrected chi connectivity index (χ4v) is 2.44. The standard InChI is InChI=1S/C13H11ClFNO4S/c14-21(18,19)10-3-4-11(12(15)8-10)13(17)16-6-5-9-2-1-7-20-9/h1-4,7-8H,5-6H2,(H,16,17). The van der Waals surface area contributed by atoms with E-state index in [0.717, 1.165) is 12.1 Å². The van der Waals surface area contributed by atoms with Gasteiger partial charge in [-0.25, -0.2) is 12.8 Å². The summed E-state index contributed by atoms with van der Waals surface area (Å²) >= 11 is 0. The average molecular weight is 332 g/mol. The van der Waals surface area contributed by atoms with Gasteiger partial charge in [0.25, 0.3) is 15.0 Å². The Bertz CT molecular complexity index is 744. The molecule has 0 saturated heterocycles. The predicted octanol–water partition coefficient (Wildman–Crippen LogP) is 2.32. The lowest BCUT2D eigenvalue weighted by Crippen LogP contribution is -2.26. The van der Waals surface area contributed by atoms with Crippen molar-refractivity contribution in [3.8, 4) is 0 Å². The first-order valence-corrected chi connectivity index (χ1v) is 8.23. The second kappa shape index (κ2) is 6.28. The van der Waals surface area contributed by atoms with Gasteiger partial charge in [-0.3, -0.25) is 4.79 Å². The highest BCUT2D eigenvalue weighted by Gasteiger charge is 2.16. The van der Waals surface area contributed by atoms with Gasteiger partial charge in [0.1, 0.15) is 11.6 Å². The molecule has 0 aliphatic carbocycles. The molecule has 21 heavy (non-hydrogen) atoms. The van der Waals surface area contributed by atoms with E-state index < -0.39 is 25.7 Å². The summed E-state index contributed by atoms with van der Waals surface area (Å²) in [5, 5.41) is 2.51. The number of nitrogens with one attached hydrogen (secondary N) is 1. The Morgan fingerprint density at radius 1 is 1.33 bits per heavy atom. The molecule has 2 aromatic rings. The highest BCUT2D eigenvalue weighted by atomic mass is 35.7. The SMILES string of the molecule is O=C(NCCc1ccco1)c1ccc(S(=O)(=O)Cl)cc1F. The molecule has 2 rings (SSSR count). The maximum Gasteiger partial charge on any atom is 0.261 e. The molecule has 1 amide bonds. The lowest BCUT2D eigenvalue weighted by molar-refractivity contribution is 0.0949. The van der Waals surface area contributed by atoms with Crippen LogP contribution in [-0.2, 0) is 15.5 Å². The van der Waals surface area contributed by atoms with Crippen LogP contribution in [0.1, 0.15) is 16.1 Å². The maximum atomic E-state index is 13.7. The van der Waals surface area contributed by atoms with Gasteiger partial charge in [-0.2, -0.15) is 0 Å². The van der Waals surface area contributed by atoms with Crippen LogP contribution in [-0.4, -0.2) is 20.9 Å². The van der Waals surface area contributed by atoms with Crippen LogP contribution in [0.3, 0.4) is 0 Å². The number of furan rings is 1. The molecule has 1 N–H and O–H groups in total. The molecule has 1 aromatic carbocycles. The molecular weight excluding hydrogens is 321 g/mol. The van der Waals surface area contributed by atoms with Crippen molar-refractivity contribution in [3.63, 3.8) is 0 Å². The Balaban J connectivity index is 2.02. The number of hydrogen-bond donors (Lipinski definition) is 1. The van der Waals surface area contributed by atoms with Gasteiger partial charge in [-0.05, 0) is 30.3 Å². The van der Waals surface area contributed by atoms with Crippen LogP contribution < -0.4 is 5.32 Å². The fraction of sp³-hybridized carbons (Fsp3) is 0.154. The van der Waals surface area contributed by atoms with Crippen LogP contribution in [0, 0.1) is 5.82 Å². The van der Waals surface area contributed by atoms with Gasteiger partial charge in [-0.1, -0.05) is 0 Å². The van der Waals surface area contributed by atoms with Crippen molar-refractivity contribution in [2.75, 3.05) is 6.54 Å². The summed E-state index contributed by atoms with van der Waals surface area (Å²) in [6.45, 7) is 0.265. The molecule has 8 heteroatoms. The Morgan fingerprint density at radius 2 is 2.10 bits per heavy atom. The fourth-order valence-electron chi connectivity index (χ4n) is 1.68. The zero-order valence-electron chi connectivity index (χ0n) is 10.7. The Labute approximate surface area is 125 Å². The summed E-state index contributed by atoms with van der Waals surface area (Å²) in [6, 6.07) is 6.35. The maximum absolute atomic E-state index is 13.7. The Morgan fingerprint density at radius 3 is 2.67 bits per heavy atom. The third-order valence-corrected chi connectivity index (χ3v) is 4.06. The van der Waals surface area contributed by atoms with Gasteiger partial charge >= 0.3 is 0 Å². The van der Waals surface area contributed by atoms with E-state index in [9.17, 15) is 17.6 Å². The van der Waals surface area contributed by atoms with Crippen molar-refractivity contribution in [2.45, 2.75) is 11.3 Å². The quantitative estimate of drug-likeness (QED) is 0.853. The number of carbonyl (C=O) groups is 1. The van der Waals surface area contributed by atoms with Gasteiger partial charge in [0.15, 0.2) is 0 Å². The lowest BCUT2D eigenvalue weighted by atomic mass is 10.2. The summed E-state index contributed by atoms with van der Waals surface area (Å²) in [4.78, 5) is 11.4. The zero-order valence-corrected chi connectivity index (χ0v) is 12.2. The molecule has 0 spiro atoms. The second-order valence-corrected chi connectivity index (χ2v) is 6.73. The molecular formula is C13H11ClFNO4S. The molecule has 0 radical (unpaired) electrons. The van der Waals surface area contributed by atoms with Crippen LogP contribution in [0.4, 0.5) is 4.39 Å². The molecule has 1 aromatic heterocycles. The average Bonchev–Trinajstić information content (AvgIpc) is 2.90. The summed E-state index contributed by atoms with van der Waals surface area (Å²) in [6.07, 6.45) is 1.98. The predicted molar refractivity (Wildman–Crippen MR) is 74.2 cm³/mol. The summed E-state index contributed by atoms with van der Waals surface area (Å²) in [5.74, 6) is -0.899. The van der Waals surface area contributed by atoms with E-state index in [0.29, 0.717) is 18.2 Å². The van der Waals surface area contributed by atoms with Crippen LogP contribution in [0.2, 0.25) is 0 Å². The number of carbonyl (C=O) groups excluding carboxylic acids is 1. The van der Waals surface area contributed by atoms with E-state index >= 15 is 0 Å². The third-order valence-electron chi connectivity index (χ3n) is 2.70. The zero-order chi connectivity index (χ0) is 15.5. The van der Waals surface area contributed by atoms with Gasteiger partial charge < -0.3 is 9.73 Å². The van der Waals surface area contributed by atoms with Crippen LogP contribution in [0.25, 0.3) is 0 Å². The first-order chi connectivity index (χ1) is 9.88. The highest BCUT2D eigenvalue weighted by Crippen LogP contribution is 2.18. The van der Waals surface area contributed by atoms with E-state index in [1.807, 2.05) is 0 Å². The first-order valence-electron chi connectivity index (χ1n) is 5.93. The molecule has 0 saturated carbocycles. The molecule has 5 nitrogen and oxygen atoms in total. The van der Waals surface area contributed by atoms with Gasteiger partial charge in [-0.15, -0.1) is 0 Å².